The molecule has 98 valence electrons. The third-order valence-corrected chi connectivity index (χ3v) is 4.03. The summed E-state index contributed by atoms with van der Waals surface area (Å²) in [5.41, 5.74) is 5.90. The monoisotopic (exact) mass is 378 g/mol. The number of primary amides is 1. The van der Waals surface area contributed by atoms with E-state index in [1.54, 1.807) is 30.0 Å². The van der Waals surface area contributed by atoms with Crippen LogP contribution < -0.4 is 11.1 Å². The van der Waals surface area contributed by atoms with Gasteiger partial charge >= 0.3 is 0 Å². The van der Waals surface area contributed by atoms with Crippen LogP contribution in [0.2, 0.25) is 0 Å². The summed E-state index contributed by atoms with van der Waals surface area (Å²) < 4.78 is 0.720. The van der Waals surface area contributed by atoms with Crippen LogP contribution in [0.15, 0.2) is 18.2 Å². The molecule has 0 spiro atoms. The number of amides is 2. The molecule has 0 saturated carbocycles. The largest absolute Gasteiger partial charge is 0.366 e. The van der Waals surface area contributed by atoms with Gasteiger partial charge in [-0.25, -0.2) is 0 Å². The number of halogens is 1. The molecule has 0 saturated heterocycles. The number of benzene rings is 1. The van der Waals surface area contributed by atoms with E-state index in [1.165, 1.54) is 0 Å². The Bertz CT molecular complexity index is 465. The molecule has 3 N–H and O–H groups in total. The summed E-state index contributed by atoms with van der Waals surface area (Å²) >= 11 is 3.68. The normalized spacial score (nSPS) is 11.9. The van der Waals surface area contributed by atoms with Gasteiger partial charge in [-0.2, -0.15) is 11.8 Å². The standard InChI is InChI=1S/C12H15IN2O2S/c1-7(6-18-2)15-12(17)10-8(11(14)16)4-3-5-9(10)13/h3-5,7H,6H2,1-2H3,(H2,14,16)(H,15,17)/t7-/m0/s1. The van der Waals surface area contributed by atoms with Crippen molar-refractivity contribution in [2.75, 3.05) is 12.0 Å². The van der Waals surface area contributed by atoms with Gasteiger partial charge in [0.05, 0.1) is 11.1 Å². The van der Waals surface area contributed by atoms with Gasteiger partial charge in [-0.05, 0) is 47.9 Å². The minimum Gasteiger partial charge on any atom is -0.366 e. The van der Waals surface area contributed by atoms with Crippen LogP contribution in [0.4, 0.5) is 0 Å². The van der Waals surface area contributed by atoms with Crippen molar-refractivity contribution in [3.05, 3.63) is 32.9 Å². The molecule has 4 nitrogen and oxygen atoms in total. The summed E-state index contributed by atoms with van der Waals surface area (Å²) in [6.45, 7) is 1.92. The van der Waals surface area contributed by atoms with Crippen LogP contribution in [-0.2, 0) is 0 Å². The Morgan fingerprint density at radius 3 is 2.72 bits per heavy atom. The molecular formula is C12H15IN2O2S. The van der Waals surface area contributed by atoms with Gasteiger partial charge in [-0.1, -0.05) is 6.07 Å². The number of nitrogens with one attached hydrogen (secondary N) is 1. The van der Waals surface area contributed by atoms with E-state index in [9.17, 15) is 9.59 Å². The summed E-state index contributed by atoms with van der Waals surface area (Å²) in [5, 5.41) is 2.86. The molecule has 0 aromatic heterocycles. The zero-order valence-electron chi connectivity index (χ0n) is 10.2. The highest BCUT2D eigenvalue weighted by atomic mass is 127. The molecule has 1 rings (SSSR count). The Labute approximate surface area is 124 Å². The van der Waals surface area contributed by atoms with Crippen LogP contribution >= 0.6 is 34.4 Å². The maximum Gasteiger partial charge on any atom is 0.253 e. The van der Waals surface area contributed by atoms with Gasteiger partial charge in [0.2, 0.25) is 5.91 Å². The van der Waals surface area contributed by atoms with E-state index in [0.717, 1.165) is 9.32 Å². The van der Waals surface area contributed by atoms with Gasteiger partial charge < -0.3 is 11.1 Å². The predicted molar refractivity (Wildman–Crippen MR) is 83.0 cm³/mol. The molecule has 18 heavy (non-hydrogen) atoms. The summed E-state index contributed by atoms with van der Waals surface area (Å²) in [6, 6.07) is 5.10. The quantitative estimate of drug-likeness (QED) is 0.769. The minimum atomic E-state index is -0.587. The maximum absolute atomic E-state index is 12.1. The van der Waals surface area contributed by atoms with E-state index in [2.05, 4.69) is 5.32 Å². The Balaban J connectivity index is 3.01. The van der Waals surface area contributed by atoms with Crippen LogP contribution in [0.5, 0.6) is 0 Å². The van der Waals surface area contributed by atoms with Gasteiger partial charge in [0.15, 0.2) is 0 Å². The van der Waals surface area contributed by atoms with Crippen molar-refractivity contribution in [2.24, 2.45) is 5.73 Å². The molecule has 0 radical (unpaired) electrons. The summed E-state index contributed by atoms with van der Waals surface area (Å²) in [7, 11) is 0. The van der Waals surface area contributed by atoms with Crippen molar-refractivity contribution >= 4 is 46.2 Å². The van der Waals surface area contributed by atoms with Crippen molar-refractivity contribution in [3.8, 4) is 0 Å². The van der Waals surface area contributed by atoms with Crippen LogP contribution in [0.25, 0.3) is 0 Å². The minimum absolute atomic E-state index is 0.0456. The SMILES string of the molecule is CSC[C@H](C)NC(=O)c1c(I)cccc1C(N)=O. The molecular weight excluding hydrogens is 363 g/mol. The number of nitrogens with two attached hydrogens (primary N) is 1. The molecule has 0 aliphatic rings. The third kappa shape index (κ3) is 3.88. The first kappa shape index (κ1) is 15.3. The molecule has 0 unspecified atom stereocenters. The van der Waals surface area contributed by atoms with E-state index in [-0.39, 0.29) is 17.5 Å². The summed E-state index contributed by atoms with van der Waals surface area (Å²) in [5.74, 6) is -0.0207. The number of carbonyl (C=O) groups is 2. The second-order valence-corrected chi connectivity index (χ2v) is 5.93. The van der Waals surface area contributed by atoms with E-state index in [1.807, 2.05) is 35.8 Å². The van der Waals surface area contributed by atoms with E-state index in [4.69, 9.17) is 5.73 Å². The first-order valence-electron chi connectivity index (χ1n) is 5.35. The molecule has 0 heterocycles. The van der Waals surface area contributed by atoms with E-state index >= 15 is 0 Å². The Hall–Kier alpha value is -0.760. The van der Waals surface area contributed by atoms with Crippen molar-refractivity contribution < 1.29 is 9.59 Å². The van der Waals surface area contributed by atoms with Crippen molar-refractivity contribution in [1.82, 2.24) is 5.32 Å². The van der Waals surface area contributed by atoms with Gasteiger partial charge in [-0.15, -0.1) is 0 Å². The van der Waals surface area contributed by atoms with Crippen molar-refractivity contribution in [1.29, 1.82) is 0 Å². The van der Waals surface area contributed by atoms with E-state index < -0.39 is 5.91 Å². The highest BCUT2D eigenvalue weighted by molar-refractivity contribution is 14.1. The number of hydrogen-bond donors (Lipinski definition) is 2. The Morgan fingerprint density at radius 1 is 1.50 bits per heavy atom. The smallest absolute Gasteiger partial charge is 0.253 e. The zero-order valence-corrected chi connectivity index (χ0v) is 13.2. The molecule has 0 aliphatic carbocycles. The zero-order chi connectivity index (χ0) is 13.7. The van der Waals surface area contributed by atoms with Crippen LogP contribution in [0, 0.1) is 3.57 Å². The topological polar surface area (TPSA) is 72.2 Å². The van der Waals surface area contributed by atoms with Crippen molar-refractivity contribution in [3.63, 3.8) is 0 Å². The highest BCUT2D eigenvalue weighted by Crippen LogP contribution is 2.17. The molecule has 1 atom stereocenters. The lowest BCUT2D eigenvalue weighted by atomic mass is 10.1. The molecule has 6 heteroatoms. The fourth-order valence-corrected chi connectivity index (χ4v) is 2.87. The lowest BCUT2D eigenvalue weighted by molar-refractivity contribution is 0.0927. The van der Waals surface area contributed by atoms with Gasteiger partial charge in [0, 0.05) is 15.4 Å². The molecule has 1 aromatic carbocycles. The number of rotatable bonds is 5. The first-order valence-corrected chi connectivity index (χ1v) is 7.82. The lowest BCUT2D eigenvalue weighted by Crippen LogP contribution is -2.36. The fourth-order valence-electron chi connectivity index (χ4n) is 1.55. The van der Waals surface area contributed by atoms with Crippen molar-refractivity contribution in [2.45, 2.75) is 13.0 Å². The molecule has 0 fully saturated rings. The second-order valence-electron chi connectivity index (χ2n) is 3.86. The summed E-state index contributed by atoms with van der Waals surface area (Å²) in [4.78, 5) is 23.5. The molecule has 0 aliphatic heterocycles. The van der Waals surface area contributed by atoms with Gasteiger partial charge in [0.1, 0.15) is 0 Å². The number of hydrogen-bond acceptors (Lipinski definition) is 3. The number of carbonyl (C=O) groups excluding carboxylic acids is 2. The average Bonchev–Trinajstić information content (AvgIpc) is 2.28. The molecule has 0 bridgehead atoms. The summed E-state index contributed by atoms with van der Waals surface area (Å²) in [6.07, 6.45) is 1.98. The third-order valence-electron chi connectivity index (χ3n) is 2.30. The average molecular weight is 378 g/mol. The first-order chi connectivity index (χ1) is 8.47. The Morgan fingerprint density at radius 2 is 2.17 bits per heavy atom. The maximum atomic E-state index is 12.1. The van der Waals surface area contributed by atoms with Gasteiger partial charge in [-0.3, -0.25) is 9.59 Å². The van der Waals surface area contributed by atoms with E-state index in [0.29, 0.717) is 5.56 Å². The molecule has 2 amide bonds. The molecule has 1 aromatic rings. The fraction of sp³-hybridized carbons (Fsp3) is 0.333. The lowest BCUT2D eigenvalue weighted by Gasteiger charge is -2.14. The second kappa shape index (κ2) is 6.98. The van der Waals surface area contributed by atoms with Gasteiger partial charge in [0.25, 0.3) is 5.91 Å². The predicted octanol–water partition coefficient (Wildman–Crippen LogP) is 1.87. The van der Waals surface area contributed by atoms with Crippen LogP contribution in [-0.4, -0.2) is 29.9 Å². The Kier molecular flexibility index (Phi) is 5.94. The number of thioether (sulfide) groups is 1. The van der Waals surface area contributed by atoms with Crippen LogP contribution in [0.1, 0.15) is 27.6 Å². The van der Waals surface area contributed by atoms with Crippen LogP contribution in [0.3, 0.4) is 0 Å². The highest BCUT2D eigenvalue weighted by Gasteiger charge is 2.19.